The van der Waals surface area contributed by atoms with Crippen LogP contribution in [0.25, 0.3) is 34.1 Å². The Kier molecular flexibility index (Phi) is 4.56. The molecule has 0 aliphatic rings. The Balaban J connectivity index is 1.97. The Labute approximate surface area is 165 Å². The monoisotopic (exact) mass is 390 g/mol. The summed E-state index contributed by atoms with van der Waals surface area (Å²) in [5.41, 5.74) is 1.77. The van der Waals surface area contributed by atoms with Crippen molar-refractivity contribution in [2.24, 2.45) is 0 Å². The Morgan fingerprint density at radius 1 is 1.03 bits per heavy atom. The smallest absolute Gasteiger partial charge is 0.227 e. The zero-order valence-electron chi connectivity index (χ0n) is 15.8. The van der Waals surface area contributed by atoms with E-state index in [0.29, 0.717) is 34.3 Å². The molecule has 0 amide bonds. The molecule has 0 aliphatic carbocycles. The van der Waals surface area contributed by atoms with Crippen LogP contribution in [0.5, 0.6) is 17.2 Å². The van der Waals surface area contributed by atoms with Gasteiger partial charge in [-0.2, -0.15) is 0 Å². The first-order chi connectivity index (χ1) is 14.0. The van der Waals surface area contributed by atoms with E-state index in [1.54, 1.807) is 19.1 Å². The fraction of sp³-hybridized carbons (Fsp3) is 0.0909. The van der Waals surface area contributed by atoms with E-state index in [-0.39, 0.29) is 11.5 Å². The van der Waals surface area contributed by atoms with Gasteiger partial charge in [0, 0.05) is 17.2 Å². The number of methoxy groups -OCH3 is 1. The van der Waals surface area contributed by atoms with Gasteiger partial charge < -0.3 is 24.4 Å². The lowest BCUT2D eigenvalue weighted by Crippen LogP contribution is -2.01. The zero-order valence-corrected chi connectivity index (χ0v) is 15.8. The highest BCUT2D eigenvalue weighted by molar-refractivity contribution is 5.81. The molecule has 0 atom stereocenters. The Hall–Kier alpha value is -4.00. The fourth-order valence-electron chi connectivity index (χ4n) is 3.08. The molecule has 0 fully saturated rings. The molecule has 0 saturated heterocycles. The highest BCUT2D eigenvalue weighted by Crippen LogP contribution is 2.37. The lowest BCUT2D eigenvalue weighted by molar-refractivity contribution is 0.373. The maximum absolute atomic E-state index is 12.1. The maximum Gasteiger partial charge on any atom is 0.227 e. The van der Waals surface area contributed by atoms with E-state index in [9.17, 15) is 15.0 Å². The number of aryl methyl sites for hydroxylation is 1. The molecule has 29 heavy (non-hydrogen) atoms. The molecule has 2 aromatic carbocycles. The molecule has 0 saturated carbocycles. The van der Waals surface area contributed by atoms with Crippen LogP contribution in [0.4, 0.5) is 0 Å². The molecule has 0 unspecified atom stereocenters. The van der Waals surface area contributed by atoms with Crippen molar-refractivity contribution < 1.29 is 19.4 Å². The third-order valence-electron chi connectivity index (χ3n) is 4.48. The number of ether oxygens (including phenoxy) is 1. The van der Waals surface area contributed by atoms with Crippen LogP contribution in [0.15, 0.2) is 63.8 Å². The highest BCUT2D eigenvalue weighted by Gasteiger charge is 2.22. The number of aromatic amines is 1. The van der Waals surface area contributed by atoms with Crippen LogP contribution in [-0.4, -0.2) is 27.3 Å². The minimum atomic E-state index is -0.537. The number of H-pyrrole nitrogens is 1. The molecule has 4 aromatic rings. The summed E-state index contributed by atoms with van der Waals surface area (Å²) in [4.78, 5) is 19.9. The first-order valence-electron chi connectivity index (χ1n) is 8.85. The number of phenols is 1. The van der Waals surface area contributed by atoms with Crippen LogP contribution in [0.2, 0.25) is 0 Å². The molecule has 2 heterocycles. The summed E-state index contributed by atoms with van der Waals surface area (Å²) in [5.74, 6) is 0.648. The van der Waals surface area contributed by atoms with Gasteiger partial charge in [-0.25, -0.2) is 4.98 Å². The first kappa shape index (κ1) is 18.4. The van der Waals surface area contributed by atoms with Crippen molar-refractivity contribution >= 4 is 0 Å². The second-order valence-electron chi connectivity index (χ2n) is 6.46. The van der Waals surface area contributed by atoms with Crippen molar-refractivity contribution in [3.63, 3.8) is 0 Å². The SMILES string of the molecule is COc1cc(-c2nc(-c3ccccc3)c(-c3oc(C)cc(=O)c3O)[nH]2)ccc1O. The minimum Gasteiger partial charge on any atom is -0.504 e. The normalized spacial score (nSPS) is 10.8. The standard InChI is InChI=1S/C22H18N2O5/c1-12-10-16(26)20(27)21(29-12)19-18(13-6-4-3-5-7-13)23-22(24-19)14-8-9-15(25)17(11-14)28-2/h3-11,25,27H,1-2H3,(H,23,24). The number of benzene rings is 2. The highest BCUT2D eigenvalue weighted by atomic mass is 16.5. The van der Waals surface area contributed by atoms with Gasteiger partial charge >= 0.3 is 0 Å². The third kappa shape index (κ3) is 3.34. The molecular weight excluding hydrogens is 372 g/mol. The Bertz CT molecular complexity index is 1240. The summed E-state index contributed by atoms with van der Waals surface area (Å²) in [6.45, 7) is 1.63. The second-order valence-corrected chi connectivity index (χ2v) is 6.46. The van der Waals surface area contributed by atoms with E-state index in [4.69, 9.17) is 9.15 Å². The Morgan fingerprint density at radius 2 is 1.79 bits per heavy atom. The summed E-state index contributed by atoms with van der Waals surface area (Å²) < 4.78 is 10.8. The van der Waals surface area contributed by atoms with Gasteiger partial charge in [0.15, 0.2) is 17.3 Å². The topological polar surface area (TPSA) is 109 Å². The van der Waals surface area contributed by atoms with Crippen LogP contribution in [-0.2, 0) is 0 Å². The molecule has 0 radical (unpaired) electrons. The second kappa shape index (κ2) is 7.20. The predicted octanol–water partition coefficient (Wildman–Crippen LogP) is 4.09. The van der Waals surface area contributed by atoms with Crippen LogP contribution in [0.1, 0.15) is 5.76 Å². The van der Waals surface area contributed by atoms with E-state index < -0.39 is 11.2 Å². The number of hydrogen-bond acceptors (Lipinski definition) is 6. The average Bonchev–Trinajstić information content (AvgIpc) is 3.17. The van der Waals surface area contributed by atoms with Gasteiger partial charge in [-0.15, -0.1) is 0 Å². The molecule has 4 rings (SSSR count). The van der Waals surface area contributed by atoms with Crippen LogP contribution in [0, 0.1) is 6.92 Å². The summed E-state index contributed by atoms with van der Waals surface area (Å²) in [6.07, 6.45) is 0. The van der Waals surface area contributed by atoms with E-state index in [1.165, 1.54) is 19.2 Å². The van der Waals surface area contributed by atoms with E-state index in [2.05, 4.69) is 9.97 Å². The molecular formula is C22H18N2O5. The van der Waals surface area contributed by atoms with Gasteiger partial charge in [0.2, 0.25) is 11.2 Å². The Morgan fingerprint density at radius 3 is 2.52 bits per heavy atom. The van der Waals surface area contributed by atoms with Crippen molar-refractivity contribution in [1.82, 2.24) is 9.97 Å². The van der Waals surface area contributed by atoms with Crippen molar-refractivity contribution in [3.8, 4) is 51.3 Å². The summed E-state index contributed by atoms with van der Waals surface area (Å²) in [7, 11) is 1.46. The number of phenolic OH excluding ortho intramolecular Hbond substituents is 1. The van der Waals surface area contributed by atoms with E-state index >= 15 is 0 Å². The lowest BCUT2D eigenvalue weighted by atomic mass is 10.1. The third-order valence-corrected chi connectivity index (χ3v) is 4.48. The van der Waals surface area contributed by atoms with Gasteiger partial charge in [0.05, 0.1) is 7.11 Å². The maximum atomic E-state index is 12.1. The predicted molar refractivity (Wildman–Crippen MR) is 108 cm³/mol. The molecule has 3 N–H and O–H groups in total. The number of nitrogens with zero attached hydrogens (tertiary/aromatic N) is 1. The van der Waals surface area contributed by atoms with Crippen LogP contribution < -0.4 is 10.2 Å². The summed E-state index contributed by atoms with van der Waals surface area (Å²) in [5, 5.41) is 20.2. The molecule has 0 spiro atoms. The number of aromatic hydroxyl groups is 2. The minimum absolute atomic E-state index is 0.00800. The molecule has 0 aliphatic heterocycles. The van der Waals surface area contributed by atoms with Crippen molar-refractivity contribution in [2.75, 3.05) is 7.11 Å². The van der Waals surface area contributed by atoms with Crippen LogP contribution >= 0.6 is 0 Å². The van der Waals surface area contributed by atoms with Crippen LogP contribution in [0.3, 0.4) is 0 Å². The van der Waals surface area contributed by atoms with Gasteiger partial charge in [-0.3, -0.25) is 4.79 Å². The van der Waals surface area contributed by atoms with Gasteiger partial charge in [0.1, 0.15) is 23.0 Å². The largest absolute Gasteiger partial charge is 0.504 e. The number of rotatable bonds is 4. The molecule has 7 nitrogen and oxygen atoms in total. The average molecular weight is 390 g/mol. The van der Waals surface area contributed by atoms with Gasteiger partial charge in [-0.05, 0) is 25.1 Å². The number of imidazole rings is 1. The van der Waals surface area contributed by atoms with Gasteiger partial charge in [-0.1, -0.05) is 30.3 Å². The lowest BCUT2D eigenvalue weighted by Gasteiger charge is -2.05. The number of nitrogens with one attached hydrogen (secondary N) is 1. The van der Waals surface area contributed by atoms with Crippen molar-refractivity contribution in [3.05, 3.63) is 70.6 Å². The zero-order chi connectivity index (χ0) is 20.5. The molecule has 2 aromatic heterocycles. The molecule has 0 bridgehead atoms. The number of aromatic nitrogens is 2. The van der Waals surface area contributed by atoms with Crippen molar-refractivity contribution in [1.29, 1.82) is 0 Å². The quantitative estimate of drug-likeness (QED) is 0.484. The number of hydrogen-bond donors (Lipinski definition) is 3. The van der Waals surface area contributed by atoms with Gasteiger partial charge in [0.25, 0.3) is 0 Å². The first-order valence-corrected chi connectivity index (χ1v) is 8.85. The molecule has 146 valence electrons. The summed E-state index contributed by atoms with van der Waals surface area (Å²) in [6, 6.07) is 15.4. The fourth-order valence-corrected chi connectivity index (χ4v) is 3.08. The van der Waals surface area contributed by atoms with Crippen molar-refractivity contribution in [2.45, 2.75) is 6.92 Å². The summed E-state index contributed by atoms with van der Waals surface area (Å²) >= 11 is 0. The van der Waals surface area contributed by atoms with E-state index in [1.807, 2.05) is 30.3 Å². The molecule has 7 heteroatoms. The van der Waals surface area contributed by atoms with E-state index in [0.717, 1.165) is 5.56 Å².